The Kier molecular flexibility index (Phi) is 4.37. The molecule has 5 heteroatoms. The van der Waals surface area contributed by atoms with Crippen LogP contribution in [0.5, 0.6) is 0 Å². The Morgan fingerprint density at radius 1 is 1.38 bits per heavy atom. The molecule has 0 saturated carbocycles. The van der Waals surface area contributed by atoms with Gasteiger partial charge in [0.15, 0.2) is 0 Å². The van der Waals surface area contributed by atoms with Gasteiger partial charge in [0.2, 0.25) is 0 Å². The van der Waals surface area contributed by atoms with E-state index >= 15 is 0 Å². The second-order valence-electron chi connectivity index (χ2n) is 3.54. The number of amides is 1. The van der Waals surface area contributed by atoms with Crippen molar-refractivity contribution in [3.05, 3.63) is 35.4 Å². The predicted molar refractivity (Wildman–Crippen MR) is 57.0 cm³/mol. The molecule has 1 amide bonds. The Labute approximate surface area is 92.6 Å². The Balaban J connectivity index is 2.66. The zero-order chi connectivity index (χ0) is 12.1. The summed E-state index contributed by atoms with van der Waals surface area (Å²) in [4.78, 5) is 11.5. The Morgan fingerprint density at radius 3 is 2.44 bits per heavy atom. The first-order chi connectivity index (χ1) is 7.52. The number of rotatable bonds is 4. The van der Waals surface area contributed by atoms with Gasteiger partial charge in [-0.25, -0.2) is 8.78 Å². The van der Waals surface area contributed by atoms with Crippen molar-refractivity contribution >= 4 is 5.91 Å². The van der Waals surface area contributed by atoms with Gasteiger partial charge in [-0.3, -0.25) is 4.79 Å². The van der Waals surface area contributed by atoms with Crippen molar-refractivity contribution in [1.29, 1.82) is 0 Å². The van der Waals surface area contributed by atoms with Crippen LogP contribution in [0.25, 0.3) is 0 Å². The summed E-state index contributed by atoms with van der Waals surface area (Å²) in [6.07, 6.45) is 0.720. The van der Waals surface area contributed by atoms with E-state index in [9.17, 15) is 13.6 Å². The molecule has 0 spiro atoms. The number of nitrogens with two attached hydrogens (primary N) is 1. The van der Waals surface area contributed by atoms with Crippen LogP contribution in [0.3, 0.4) is 0 Å². The van der Waals surface area contributed by atoms with Gasteiger partial charge in [0.25, 0.3) is 5.91 Å². The molecule has 16 heavy (non-hydrogen) atoms. The first-order valence-electron chi connectivity index (χ1n) is 5.02. The third-order valence-electron chi connectivity index (χ3n) is 2.17. The lowest BCUT2D eigenvalue weighted by Crippen LogP contribution is -2.36. The van der Waals surface area contributed by atoms with Gasteiger partial charge >= 0.3 is 0 Å². The molecular weight excluding hydrogens is 214 g/mol. The molecule has 0 heterocycles. The van der Waals surface area contributed by atoms with Gasteiger partial charge < -0.3 is 11.1 Å². The van der Waals surface area contributed by atoms with Gasteiger partial charge in [-0.05, 0) is 18.6 Å². The van der Waals surface area contributed by atoms with E-state index in [2.05, 4.69) is 5.32 Å². The molecule has 88 valence electrons. The third-order valence-corrected chi connectivity index (χ3v) is 2.17. The fraction of sp³-hybridized carbons (Fsp3) is 0.364. The van der Waals surface area contributed by atoms with Crippen LogP contribution in [0.4, 0.5) is 8.78 Å². The lowest BCUT2D eigenvalue weighted by atomic mass is 10.2. The smallest absolute Gasteiger partial charge is 0.251 e. The second kappa shape index (κ2) is 5.55. The van der Waals surface area contributed by atoms with E-state index in [1.807, 2.05) is 6.92 Å². The number of halogens is 2. The minimum atomic E-state index is -0.773. The second-order valence-corrected chi connectivity index (χ2v) is 3.54. The summed E-state index contributed by atoms with van der Waals surface area (Å²) in [7, 11) is 0. The zero-order valence-electron chi connectivity index (χ0n) is 8.97. The summed E-state index contributed by atoms with van der Waals surface area (Å²) < 4.78 is 25.6. The lowest BCUT2D eigenvalue weighted by molar-refractivity contribution is 0.0950. The van der Waals surface area contributed by atoms with Crippen LogP contribution in [0, 0.1) is 11.6 Å². The standard InChI is InChI=1S/C11H14F2N2O/c1-2-10(14)6-15-11(16)7-3-8(12)5-9(13)4-7/h3-5,10H,2,6,14H2,1H3,(H,15,16). The Morgan fingerprint density at radius 2 is 1.94 bits per heavy atom. The van der Waals surface area contributed by atoms with Gasteiger partial charge in [-0.1, -0.05) is 6.92 Å². The van der Waals surface area contributed by atoms with Crippen LogP contribution >= 0.6 is 0 Å². The van der Waals surface area contributed by atoms with Crippen molar-refractivity contribution in [1.82, 2.24) is 5.32 Å². The van der Waals surface area contributed by atoms with Crippen LogP contribution in [0.15, 0.2) is 18.2 Å². The quantitative estimate of drug-likeness (QED) is 0.819. The molecule has 1 atom stereocenters. The normalized spacial score (nSPS) is 12.2. The van der Waals surface area contributed by atoms with E-state index in [1.165, 1.54) is 0 Å². The highest BCUT2D eigenvalue weighted by atomic mass is 19.1. The number of nitrogens with one attached hydrogen (secondary N) is 1. The number of hydrogen-bond donors (Lipinski definition) is 2. The molecule has 1 aromatic rings. The third kappa shape index (κ3) is 3.58. The molecule has 3 nitrogen and oxygen atoms in total. The van der Waals surface area contributed by atoms with Crippen LogP contribution in [0.2, 0.25) is 0 Å². The molecular formula is C11H14F2N2O. The summed E-state index contributed by atoms with van der Waals surface area (Å²) in [5, 5.41) is 2.51. The van der Waals surface area contributed by atoms with Crippen LogP contribution in [-0.4, -0.2) is 18.5 Å². The fourth-order valence-electron chi connectivity index (χ4n) is 1.16. The van der Waals surface area contributed by atoms with Crippen molar-refractivity contribution in [3.63, 3.8) is 0 Å². The molecule has 0 aliphatic rings. The van der Waals surface area contributed by atoms with Crippen LogP contribution in [-0.2, 0) is 0 Å². The molecule has 0 aliphatic heterocycles. The first kappa shape index (κ1) is 12.6. The highest BCUT2D eigenvalue weighted by Crippen LogP contribution is 2.07. The maximum Gasteiger partial charge on any atom is 0.251 e. The van der Waals surface area contributed by atoms with Crippen molar-refractivity contribution in [2.24, 2.45) is 5.73 Å². The maximum absolute atomic E-state index is 12.8. The first-order valence-corrected chi connectivity index (χ1v) is 5.02. The monoisotopic (exact) mass is 228 g/mol. The van der Waals surface area contributed by atoms with E-state index in [0.717, 1.165) is 18.6 Å². The Hall–Kier alpha value is -1.49. The van der Waals surface area contributed by atoms with Gasteiger partial charge in [-0.15, -0.1) is 0 Å². The highest BCUT2D eigenvalue weighted by molar-refractivity contribution is 5.94. The molecule has 0 radical (unpaired) electrons. The van der Waals surface area contributed by atoms with E-state index in [4.69, 9.17) is 5.73 Å². The van der Waals surface area contributed by atoms with Gasteiger partial charge in [0, 0.05) is 24.2 Å². The zero-order valence-corrected chi connectivity index (χ0v) is 8.97. The average molecular weight is 228 g/mol. The van der Waals surface area contributed by atoms with Gasteiger partial charge in [-0.2, -0.15) is 0 Å². The minimum absolute atomic E-state index is 0.0409. The largest absolute Gasteiger partial charge is 0.350 e. The van der Waals surface area contributed by atoms with E-state index in [1.54, 1.807) is 0 Å². The maximum atomic E-state index is 12.8. The fourth-order valence-corrected chi connectivity index (χ4v) is 1.16. The van der Waals surface area contributed by atoms with Crippen LogP contribution in [0.1, 0.15) is 23.7 Å². The minimum Gasteiger partial charge on any atom is -0.350 e. The molecule has 1 aromatic carbocycles. The molecule has 1 rings (SSSR count). The van der Waals surface area contributed by atoms with Gasteiger partial charge in [0.1, 0.15) is 11.6 Å². The number of hydrogen-bond acceptors (Lipinski definition) is 2. The van der Waals surface area contributed by atoms with Gasteiger partial charge in [0.05, 0.1) is 0 Å². The van der Waals surface area contributed by atoms with E-state index in [0.29, 0.717) is 6.07 Å². The molecule has 0 aromatic heterocycles. The van der Waals surface area contributed by atoms with Crippen molar-refractivity contribution in [2.75, 3.05) is 6.54 Å². The summed E-state index contributed by atoms with van der Waals surface area (Å²) in [5.41, 5.74) is 5.56. The molecule has 0 aliphatic carbocycles. The summed E-state index contributed by atoms with van der Waals surface area (Å²) >= 11 is 0. The SMILES string of the molecule is CCC(N)CNC(=O)c1cc(F)cc(F)c1. The molecule has 0 saturated heterocycles. The Bertz CT molecular complexity index is 362. The molecule has 0 fully saturated rings. The van der Waals surface area contributed by atoms with Crippen molar-refractivity contribution in [3.8, 4) is 0 Å². The molecule has 1 unspecified atom stereocenters. The summed E-state index contributed by atoms with van der Waals surface area (Å²) in [6, 6.07) is 2.53. The molecule has 0 bridgehead atoms. The molecule has 3 N–H and O–H groups in total. The van der Waals surface area contributed by atoms with E-state index in [-0.39, 0.29) is 18.2 Å². The van der Waals surface area contributed by atoms with Crippen LogP contribution < -0.4 is 11.1 Å². The number of benzene rings is 1. The summed E-state index contributed by atoms with van der Waals surface area (Å²) in [6.45, 7) is 2.17. The van der Waals surface area contributed by atoms with Crippen molar-refractivity contribution < 1.29 is 13.6 Å². The highest BCUT2D eigenvalue weighted by Gasteiger charge is 2.09. The average Bonchev–Trinajstić information content (AvgIpc) is 2.23. The number of carbonyl (C=O) groups is 1. The number of carbonyl (C=O) groups excluding carboxylic acids is 1. The van der Waals surface area contributed by atoms with Crippen molar-refractivity contribution in [2.45, 2.75) is 19.4 Å². The van der Waals surface area contributed by atoms with E-state index < -0.39 is 17.5 Å². The summed E-state index contributed by atoms with van der Waals surface area (Å²) in [5.74, 6) is -2.07. The topological polar surface area (TPSA) is 55.1 Å². The lowest BCUT2D eigenvalue weighted by Gasteiger charge is -2.10. The predicted octanol–water partition coefficient (Wildman–Crippen LogP) is 1.43.